The lowest BCUT2D eigenvalue weighted by atomic mass is 10.1. The highest BCUT2D eigenvalue weighted by molar-refractivity contribution is 5.94. The molecule has 0 aliphatic rings. The highest BCUT2D eigenvalue weighted by Gasteiger charge is 2.06. The van der Waals surface area contributed by atoms with E-state index in [0.717, 1.165) is 11.3 Å². The van der Waals surface area contributed by atoms with Crippen molar-refractivity contribution in [3.05, 3.63) is 29.3 Å². The van der Waals surface area contributed by atoms with Crippen molar-refractivity contribution in [1.82, 2.24) is 5.32 Å². The molecule has 0 aliphatic carbocycles. The minimum atomic E-state index is -0.0431. The number of hydrogen-bond donors (Lipinski definition) is 1. The molecule has 14 heavy (non-hydrogen) atoms. The summed E-state index contributed by atoms with van der Waals surface area (Å²) in [5, 5.41) is 2.60. The van der Waals surface area contributed by atoms with Crippen LogP contribution in [0.2, 0.25) is 0 Å². The number of carbonyl (C=O) groups is 1. The fourth-order valence-electron chi connectivity index (χ4n) is 1.44. The highest BCUT2D eigenvalue weighted by atomic mass is 16.1. The van der Waals surface area contributed by atoms with Gasteiger partial charge in [0.15, 0.2) is 0 Å². The summed E-state index contributed by atoms with van der Waals surface area (Å²) in [5.41, 5.74) is 2.95. The molecule has 1 rings (SSSR count). The topological polar surface area (TPSA) is 32.3 Å². The van der Waals surface area contributed by atoms with Crippen LogP contribution in [0, 0.1) is 6.92 Å². The third-order valence-corrected chi connectivity index (χ3v) is 2.17. The SMILES string of the molecule is CNC(=O)c1ccc(N(C)C)c(C)c1. The van der Waals surface area contributed by atoms with Crippen LogP contribution in [0.5, 0.6) is 0 Å². The summed E-state index contributed by atoms with van der Waals surface area (Å²) < 4.78 is 0. The molecule has 0 heterocycles. The molecule has 0 saturated heterocycles. The molecular formula is C11H16N2O. The van der Waals surface area contributed by atoms with E-state index in [9.17, 15) is 4.79 Å². The van der Waals surface area contributed by atoms with Crippen molar-refractivity contribution < 1.29 is 4.79 Å². The number of carbonyl (C=O) groups excluding carboxylic acids is 1. The van der Waals surface area contributed by atoms with Crippen molar-refractivity contribution in [3.63, 3.8) is 0 Å². The van der Waals surface area contributed by atoms with Crippen LogP contribution >= 0.6 is 0 Å². The van der Waals surface area contributed by atoms with Crippen molar-refractivity contribution in [2.45, 2.75) is 6.92 Å². The lowest BCUT2D eigenvalue weighted by Gasteiger charge is -2.15. The van der Waals surface area contributed by atoms with Gasteiger partial charge in [0, 0.05) is 32.4 Å². The molecule has 0 fully saturated rings. The Morgan fingerprint density at radius 2 is 2.00 bits per heavy atom. The Morgan fingerprint density at radius 3 is 2.43 bits per heavy atom. The standard InChI is InChI=1S/C11H16N2O/c1-8-7-9(11(14)12-2)5-6-10(8)13(3)4/h5-7H,1-4H3,(H,12,14). The van der Waals surface area contributed by atoms with Gasteiger partial charge in [0.25, 0.3) is 5.91 Å². The molecule has 3 heteroatoms. The van der Waals surface area contributed by atoms with Gasteiger partial charge in [-0.25, -0.2) is 0 Å². The van der Waals surface area contributed by atoms with Gasteiger partial charge in [0.2, 0.25) is 0 Å². The second-order valence-corrected chi connectivity index (χ2v) is 3.47. The van der Waals surface area contributed by atoms with E-state index in [0.29, 0.717) is 5.56 Å². The molecular weight excluding hydrogens is 176 g/mol. The van der Waals surface area contributed by atoms with Crippen molar-refractivity contribution >= 4 is 11.6 Å². The number of nitrogens with zero attached hydrogens (tertiary/aromatic N) is 1. The second kappa shape index (κ2) is 4.13. The Kier molecular flexibility index (Phi) is 3.12. The lowest BCUT2D eigenvalue weighted by molar-refractivity contribution is 0.0963. The Balaban J connectivity index is 3.06. The molecule has 1 N–H and O–H groups in total. The Morgan fingerprint density at radius 1 is 1.36 bits per heavy atom. The molecule has 0 radical (unpaired) electrons. The van der Waals surface area contributed by atoms with Gasteiger partial charge in [-0.3, -0.25) is 4.79 Å². The smallest absolute Gasteiger partial charge is 0.251 e. The summed E-state index contributed by atoms with van der Waals surface area (Å²) in [4.78, 5) is 13.4. The molecule has 0 bridgehead atoms. The first kappa shape index (κ1) is 10.6. The molecule has 0 saturated carbocycles. The zero-order chi connectivity index (χ0) is 10.7. The number of hydrogen-bond acceptors (Lipinski definition) is 2. The van der Waals surface area contributed by atoms with Crippen LogP contribution < -0.4 is 10.2 Å². The first-order valence-electron chi connectivity index (χ1n) is 4.56. The number of amides is 1. The van der Waals surface area contributed by atoms with Gasteiger partial charge in [-0.2, -0.15) is 0 Å². The zero-order valence-electron chi connectivity index (χ0n) is 9.09. The van der Waals surface area contributed by atoms with Gasteiger partial charge in [-0.05, 0) is 30.7 Å². The summed E-state index contributed by atoms with van der Waals surface area (Å²) in [5.74, 6) is -0.0431. The van der Waals surface area contributed by atoms with Crippen molar-refractivity contribution in [3.8, 4) is 0 Å². The van der Waals surface area contributed by atoms with E-state index in [1.54, 1.807) is 7.05 Å². The molecule has 0 aromatic heterocycles. The third-order valence-electron chi connectivity index (χ3n) is 2.17. The quantitative estimate of drug-likeness (QED) is 0.768. The number of anilines is 1. The first-order valence-corrected chi connectivity index (χ1v) is 4.56. The van der Waals surface area contributed by atoms with E-state index in [1.165, 1.54) is 0 Å². The Bertz CT molecular complexity index is 345. The van der Waals surface area contributed by atoms with E-state index >= 15 is 0 Å². The van der Waals surface area contributed by atoms with E-state index in [2.05, 4.69) is 5.32 Å². The highest BCUT2D eigenvalue weighted by Crippen LogP contribution is 2.18. The van der Waals surface area contributed by atoms with Crippen molar-refractivity contribution in [1.29, 1.82) is 0 Å². The molecule has 0 aliphatic heterocycles. The second-order valence-electron chi connectivity index (χ2n) is 3.47. The maximum Gasteiger partial charge on any atom is 0.251 e. The first-order chi connectivity index (χ1) is 6.56. The van der Waals surface area contributed by atoms with Gasteiger partial charge in [-0.15, -0.1) is 0 Å². The molecule has 1 aromatic carbocycles. The molecule has 0 spiro atoms. The largest absolute Gasteiger partial charge is 0.377 e. The predicted molar refractivity (Wildman–Crippen MR) is 58.9 cm³/mol. The van der Waals surface area contributed by atoms with Gasteiger partial charge in [0.05, 0.1) is 0 Å². The number of benzene rings is 1. The van der Waals surface area contributed by atoms with Crippen LogP contribution in [0.15, 0.2) is 18.2 Å². The normalized spacial score (nSPS) is 9.71. The number of aryl methyl sites for hydroxylation is 1. The molecule has 0 atom stereocenters. The number of rotatable bonds is 2. The Labute approximate surface area is 84.7 Å². The van der Waals surface area contributed by atoms with Crippen molar-refractivity contribution in [2.75, 3.05) is 26.0 Å². The fourth-order valence-corrected chi connectivity index (χ4v) is 1.44. The molecule has 1 amide bonds. The van der Waals surface area contributed by atoms with Gasteiger partial charge >= 0.3 is 0 Å². The summed E-state index contributed by atoms with van der Waals surface area (Å²) in [6.07, 6.45) is 0. The van der Waals surface area contributed by atoms with Gasteiger partial charge in [-0.1, -0.05) is 0 Å². The molecule has 3 nitrogen and oxygen atoms in total. The van der Waals surface area contributed by atoms with Crippen molar-refractivity contribution in [2.24, 2.45) is 0 Å². The average molecular weight is 192 g/mol. The molecule has 0 unspecified atom stereocenters. The van der Waals surface area contributed by atoms with E-state index in [4.69, 9.17) is 0 Å². The minimum absolute atomic E-state index is 0.0431. The van der Waals surface area contributed by atoms with Crippen LogP contribution in [-0.4, -0.2) is 27.1 Å². The van der Waals surface area contributed by atoms with Crippen LogP contribution in [0.4, 0.5) is 5.69 Å². The molecule has 76 valence electrons. The fraction of sp³-hybridized carbons (Fsp3) is 0.364. The van der Waals surface area contributed by atoms with Crippen LogP contribution in [0.25, 0.3) is 0 Å². The maximum atomic E-state index is 11.3. The number of nitrogens with one attached hydrogen (secondary N) is 1. The zero-order valence-corrected chi connectivity index (χ0v) is 9.09. The predicted octanol–water partition coefficient (Wildman–Crippen LogP) is 1.42. The van der Waals surface area contributed by atoms with E-state index in [-0.39, 0.29) is 5.91 Å². The maximum absolute atomic E-state index is 11.3. The summed E-state index contributed by atoms with van der Waals surface area (Å²) in [6, 6.07) is 5.69. The van der Waals surface area contributed by atoms with Gasteiger partial charge < -0.3 is 10.2 Å². The minimum Gasteiger partial charge on any atom is -0.377 e. The average Bonchev–Trinajstić information content (AvgIpc) is 2.15. The third kappa shape index (κ3) is 2.05. The van der Waals surface area contributed by atoms with E-state index < -0.39 is 0 Å². The summed E-state index contributed by atoms with van der Waals surface area (Å²) in [6.45, 7) is 2.00. The van der Waals surface area contributed by atoms with Crippen LogP contribution in [-0.2, 0) is 0 Å². The summed E-state index contributed by atoms with van der Waals surface area (Å²) >= 11 is 0. The Hall–Kier alpha value is -1.51. The van der Waals surface area contributed by atoms with Crippen LogP contribution in [0.1, 0.15) is 15.9 Å². The molecule has 1 aromatic rings. The van der Waals surface area contributed by atoms with Crippen LogP contribution in [0.3, 0.4) is 0 Å². The monoisotopic (exact) mass is 192 g/mol. The lowest BCUT2D eigenvalue weighted by Crippen LogP contribution is -2.18. The summed E-state index contributed by atoms with van der Waals surface area (Å²) in [7, 11) is 5.61. The van der Waals surface area contributed by atoms with E-state index in [1.807, 2.05) is 44.1 Å². The van der Waals surface area contributed by atoms with Gasteiger partial charge in [0.1, 0.15) is 0 Å².